The summed E-state index contributed by atoms with van der Waals surface area (Å²) < 4.78 is 0. The summed E-state index contributed by atoms with van der Waals surface area (Å²) >= 11 is 0. The maximum Gasteiger partial charge on any atom is 0.339 e. The number of para-hydroxylation sites is 1. The van der Waals surface area contributed by atoms with Gasteiger partial charge in [-0.15, -0.1) is 5.92 Å². The zero-order chi connectivity index (χ0) is 13.0. The number of carboxylic acid groups (broad SMARTS) is 1. The van der Waals surface area contributed by atoms with Crippen molar-refractivity contribution in [1.29, 1.82) is 0 Å². The van der Waals surface area contributed by atoms with Gasteiger partial charge in [-0.2, -0.15) is 0 Å². The molecule has 0 bridgehead atoms. The summed E-state index contributed by atoms with van der Waals surface area (Å²) in [6.07, 6.45) is 1.37. The largest absolute Gasteiger partial charge is 0.478 e. The Morgan fingerprint density at radius 3 is 2.94 bits per heavy atom. The van der Waals surface area contributed by atoms with E-state index in [-0.39, 0.29) is 5.56 Å². The molecule has 2 aromatic rings. The van der Waals surface area contributed by atoms with Crippen molar-refractivity contribution in [3.8, 4) is 11.8 Å². The van der Waals surface area contributed by atoms with Gasteiger partial charge in [-0.05, 0) is 13.0 Å². The van der Waals surface area contributed by atoms with Gasteiger partial charge < -0.3 is 10.4 Å². The molecule has 0 aliphatic rings. The fraction of sp³-hybridized carbons (Fsp3) is 0.143. The minimum absolute atomic E-state index is 0.159. The van der Waals surface area contributed by atoms with Crippen molar-refractivity contribution >= 4 is 22.6 Å². The molecule has 2 N–H and O–H groups in total. The number of fused-ring (bicyclic) bond motifs is 1. The van der Waals surface area contributed by atoms with Gasteiger partial charge in [0.15, 0.2) is 0 Å². The molecule has 2 rings (SSSR count). The van der Waals surface area contributed by atoms with Crippen molar-refractivity contribution in [3.05, 3.63) is 36.0 Å². The van der Waals surface area contributed by atoms with Crippen LogP contribution < -0.4 is 5.32 Å². The predicted molar refractivity (Wildman–Crippen MR) is 70.6 cm³/mol. The first-order valence-corrected chi connectivity index (χ1v) is 5.48. The minimum atomic E-state index is -1.000. The Morgan fingerprint density at radius 1 is 1.44 bits per heavy atom. The Morgan fingerprint density at radius 2 is 2.22 bits per heavy atom. The summed E-state index contributed by atoms with van der Waals surface area (Å²) in [6, 6.07) is 7.41. The smallest absolute Gasteiger partial charge is 0.339 e. The highest BCUT2D eigenvalue weighted by molar-refractivity contribution is 6.04. The lowest BCUT2D eigenvalue weighted by Gasteiger charge is -2.10. The monoisotopic (exact) mass is 240 g/mol. The first kappa shape index (κ1) is 11.9. The number of pyridine rings is 1. The molecule has 1 heterocycles. The summed E-state index contributed by atoms with van der Waals surface area (Å²) in [7, 11) is 0. The summed E-state index contributed by atoms with van der Waals surface area (Å²) in [5.74, 6) is 4.61. The van der Waals surface area contributed by atoms with Crippen LogP contribution in [-0.4, -0.2) is 22.6 Å². The third-order valence-corrected chi connectivity index (χ3v) is 2.54. The number of carbonyl (C=O) groups is 1. The van der Waals surface area contributed by atoms with Gasteiger partial charge in [-0.1, -0.05) is 24.1 Å². The van der Waals surface area contributed by atoms with Crippen molar-refractivity contribution in [2.24, 2.45) is 0 Å². The SMILES string of the molecule is CC#CCNc1c(C(=O)O)cnc2ccccc12. The zero-order valence-electron chi connectivity index (χ0n) is 9.90. The molecule has 0 aliphatic heterocycles. The number of aromatic nitrogens is 1. The van der Waals surface area contributed by atoms with Crippen LogP contribution in [0.3, 0.4) is 0 Å². The lowest BCUT2D eigenvalue weighted by molar-refractivity contribution is 0.0697. The van der Waals surface area contributed by atoms with Gasteiger partial charge in [0.05, 0.1) is 17.7 Å². The second-order valence-electron chi connectivity index (χ2n) is 3.65. The molecule has 4 heteroatoms. The molecule has 4 nitrogen and oxygen atoms in total. The van der Waals surface area contributed by atoms with Crippen LogP contribution >= 0.6 is 0 Å². The van der Waals surface area contributed by atoms with E-state index in [4.69, 9.17) is 5.11 Å². The van der Waals surface area contributed by atoms with Crippen LogP contribution in [0.15, 0.2) is 30.5 Å². The van der Waals surface area contributed by atoms with Crippen molar-refractivity contribution in [1.82, 2.24) is 4.98 Å². The quantitative estimate of drug-likeness (QED) is 0.808. The molecule has 1 aromatic heterocycles. The van der Waals surface area contributed by atoms with Crippen LogP contribution in [0.5, 0.6) is 0 Å². The first-order valence-electron chi connectivity index (χ1n) is 5.48. The maximum atomic E-state index is 11.2. The molecule has 0 radical (unpaired) electrons. The van der Waals surface area contributed by atoms with E-state index < -0.39 is 5.97 Å². The average molecular weight is 240 g/mol. The van der Waals surface area contributed by atoms with Gasteiger partial charge in [0.1, 0.15) is 5.56 Å². The number of hydrogen-bond donors (Lipinski definition) is 2. The third-order valence-electron chi connectivity index (χ3n) is 2.54. The average Bonchev–Trinajstić information content (AvgIpc) is 2.38. The van der Waals surface area contributed by atoms with E-state index in [9.17, 15) is 4.79 Å². The third kappa shape index (κ3) is 2.25. The van der Waals surface area contributed by atoms with E-state index in [1.165, 1.54) is 6.20 Å². The Kier molecular flexibility index (Phi) is 3.44. The molecule has 0 amide bonds. The maximum absolute atomic E-state index is 11.2. The van der Waals surface area contributed by atoms with Gasteiger partial charge in [-0.25, -0.2) is 4.79 Å². The molecule has 0 fully saturated rings. The number of anilines is 1. The summed E-state index contributed by atoms with van der Waals surface area (Å²) in [4.78, 5) is 15.3. The number of nitrogens with one attached hydrogen (secondary N) is 1. The molecule has 0 aliphatic carbocycles. The van der Waals surface area contributed by atoms with Crippen molar-refractivity contribution in [2.45, 2.75) is 6.92 Å². The summed E-state index contributed by atoms with van der Waals surface area (Å²) in [6.45, 7) is 2.15. The summed E-state index contributed by atoms with van der Waals surface area (Å²) in [5.41, 5.74) is 1.48. The van der Waals surface area contributed by atoms with Crippen molar-refractivity contribution in [3.63, 3.8) is 0 Å². The van der Waals surface area contributed by atoms with E-state index in [2.05, 4.69) is 22.1 Å². The Bertz CT molecular complexity index is 654. The lowest BCUT2D eigenvalue weighted by atomic mass is 10.1. The Hall–Kier alpha value is -2.54. The lowest BCUT2D eigenvalue weighted by Crippen LogP contribution is -2.08. The zero-order valence-corrected chi connectivity index (χ0v) is 9.90. The van der Waals surface area contributed by atoms with Gasteiger partial charge >= 0.3 is 5.97 Å². The number of rotatable bonds is 3. The molecular formula is C14H12N2O2. The first-order chi connectivity index (χ1) is 8.74. The summed E-state index contributed by atoms with van der Waals surface area (Å²) in [5, 5.41) is 13.0. The number of benzene rings is 1. The molecule has 18 heavy (non-hydrogen) atoms. The van der Waals surface area contributed by atoms with Crippen LogP contribution in [0.1, 0.15) is 17.3 Å². The predicted octanol–water partition coefficient (Wildman–Crippen LogP) is 2.37. The molecule has 1 aromatic carbocycles. The Balaban J connectivity index is 2.57. The second kappa shape index (κ2) is 5.19. The fourth-order valence-corrected chi connectivity index (χ4v) is 1.71. The van der Waals surface area contributed by atoms with Gasteiger partial charge in [-0.3, -0.25) is 4.98 Å². The van der Waals surface area contributed by atoms with Crippen LogP contribution in [-0.2, 0) is 0 Å². The van der Waals surface area contributed by atoms with Crippen LogP contribution in [0, 0.1) is 11.8 Å². The number of nitrogens with zero attached hydrogens (tertiary/aromatic N) is 1. The van der Waals surface area contributed by atoms with Crippen LogP contribution in [0.4, 0.5) is 5.69 Å². The standard InChI is InChI=1S/C14H12N2O2/c1-2-3-8-15-13-10-6-4-5-7-12(10)16-9-11(13)14(17)18/h4-7,9H,8H2,1H3,(H,15,16)(H,17,18). The number of hydrogen-bond acceptors (Lipinski definition) is 3. The molecule has 0 unspecified atom stereocenters. The molecule has 0 spiro atoms. The highest BCUT2D eigenvalue weighted by Gasteiger charge is 2.13. The highest BCUT2D eigenvalue weighted by atomic mass is 16.4. The Labute approximate surface area is 105 Å². The molecule has 0 atom stereocenters. The van der Waals surface area contributed by atoms with Gasteiger partial charge in [0.25, 0.3) is 0 Å². The van der Waals surface area contributed by atoms with Gasteiger partial charge in [0.2, 0.25) is 0 Å². The van der Waals surface area contributed by atoms with E-state index in [0.29, 0.717) is 12.2 Å². The minimum Gasteiger partial charge on any atom is -0.478 e. The van der Waals surface area contributed by atoms with Crippen molar-refractivity contribution in [2.75, 3.05) is 11.9 Å². The molecule has 0 saturated heterocycles. The molecule has 90 valence electrons. The topological polar surface area (TPSA) is 62.2 Å². The van der Waals surface area contributed by atoms with E-state index >= 15 is 0 Å². The van der Waals surface area contributed by atoms with Crippen molar-refractivity contribution < 1.29 is 9.90 Å². The van der Waals surface area contributed by atoms with E-state index in [1.807, 2.05) is 24.3 Å². The van der Waals surface area contributed by atoms with Gasteiger partial charge in [0, 0.05) is 11.6 Å². The number of aromatic carboxylic acids is 1. The fourth-order valence-electron chi connectivity index (χ4n) is 1.71. The van der Waals surface area contributed by atoms with E-state index in [1.54, 1.807) is 6.92 Å². The molecular weight excluding hydrogens is 228 g/mol. The van der Waals surface area contributed by atoms with Crippen LogP contribution in [0.25, 0.3) is 10.9 Å². The highest BCUT2D eigenvalue weighted by Crippen LogP contribution is 2.25. The number of carboxylic acids is 1. The second-order valence-corrected chi connectivity index (χ2v) is 3.65. The van der Waals surface area contributed by atoms with E-state index in [0.717, 1.165) is 10.9 Å². The normalized spacial score (nSPS) is 9.61. The molecule has 0 saturated carbocycles. The van der Waals surface area contributed by atoms with Crippen LogP contribution in [0.2, 0.25) is 0 Å².